The van der Waals surface area contributed by atoms with Crippen molar-refractivity contribution >= 4 is 46.9 Å². The molecule has 4 heavy (non-hydrogen) atoms. The van der Waals surface area contributed by atoms with Crippen molar-refractivity contribution in [2.75, 3.05) is 0 Å². The first kappa shape index (κ1) is 16.7. The molecule has 0 aromatic rings. The predicted octanol–water partition coefficient (Wildman–Crippen LogP) is 0.0914. The van der Waals surface area contributed by atoms with Gasteiger partial charge in [0.25, 0.3) is 0 Å². The van der Waals surface area contributed by atoms with Crippen molar-refractivity contribution in [1.29, 1.82) is 0 Å². The van der Waals surface area contributed by atoms with E-state index in [2.05, 4.69) is 0 Å². The Labute approximate surface area is 69.9 Å². The monoisotopic (exact) mass is 152 g/mol. The van der Waals surface area contributed by atoms with Gasteiger partial charge in [0.1, 0.15) is 9.12 Å². The summed E-state index contributed by atoms with van der Waals surface area (Å²) >= 11 is 0. The van der Waals surface area contributed by atoms with Crippen LogP contribution in [0.25, 0.3) is 0 Å². The largest absolute Gasteiger partial charge is 0.279 e. The van der Waals surface area contributed by atoms with Crippen LogP contribution in [0.15, 0.2) is 0 Å². The van der Waals surface area contributed by atoms with E-state index in [4.69, 9.17) is 4.57 Å². The van der Waals surface area contributed by atoms with E-state index in [0.717, 1.165) is 0 Å². The maximum atomic E-state index is 8.06. The van der Waals surface area contributed by atoms with Gasteiger partial charge in [-0.3, -0.25) is 4.57 Å². The molecule has 2 radical (unpaired) electrons. The maximum absolute atomic E-state index is 8.06. The molecule has 0 fully saturated rings. The fourth-order valence-corrected chi connectivity index (χ4v) is 0. The van der Waals surface area contributed by atoms with E-state index < -0.39 is 0 Å². The van der Waals surface area contributed by atoms with Crippen LogP contribution in [-0.4, -0.2) is 37.7 Å². The van der Waals surface area contributed by atoms with Gasteiger partial charge in [-0.05, 0) is 0 Å². The minimum absolute atomic E-state index is 0. The van der Waals surface area contributed by atoms with Crippen molar-refractivity contribution in [3.05, 3.63) is 0 Å². The number of hydrogen-bond acceptors (Lipinski definition) is 1. The molecule has 0 atom stereocenters. The molecule has 0 saturated carbocycles. The Hall–Kier alpha value is 1.98. The Morgan fingerprint density at radius 3 is 1.25 bits per heavy atom. The van der Waals surface area contributed by atoms with Gasteiger partial charge < -0.3 is 0 Å². The normalized spacial score (nSPS) is 1.00. The Balaban J connectivity index is -0.00000000500. The third kappa shape index (κ3) is 9.01. The van der Waals surface area contributed by atoms with Crippen LogP contribution in [0.5, 0.6) is 0 Å². The van der Waals surface area contributed by atoms with Gasteiger partial charge in [-0.25, -0.2) is 0 Å². The standard InChI is InChI=1S/Ca.HOP.Zn/c;1-2;/h;2H;. The number of hydrogen-bond donors (Lipinski definition) is 0. The zero-order valence-corrected chi connectivity index (χ0v) is 8.50. The molecule has 0 spiro atoms. The molecular formula is HCaOPZn. The summed E-state index contributed by atoms with van der Waals surface area (Å²) in [5.74, 6) is 0. The van der Waals surface area contributed by atoms with Crippen LogP contribution in [0.2, 0.25) is 0 Å². The Bertz CT molecular complexity index is 8.00. The quantitative estimate of drug-likeness (QED) is 0.356. The van der Waals surface area contributed by atoms with Crippen molar-refractivity contribution < 1.29 is 24.0 Å². The van der Waals surface area contributed by atoms with Crippen LogP contribution in [0.4, 0.5) is 0 Å². The van der Waals surface area contributed by atoms with E-state index in [1.165, 1.54) is 0 Å². The fraction of sp³-hybridized carbons (Fsp3) is 0. The van der Waals surface area contributed by atoms with Crippen molar-refractivity contribution in [3.63, 3.8) is 0 Å². The molecule has 0 rings (SSSR count). The Morgan fingerprint density at radius 2 is 1.25 bits per heavy atom. The van der Waals surface area contributed by atoms with E-state index in [-0.39, 0.29) is 57.2 Å². The van der Waals surface area contributed by atoms with Gasteiger partial charge in [0.15, 0.2) is 0 Å². The Morgan fingerprint density at radius 1 is 1.25 bits per heavy atom. The van der Waals surface area contributed by atoms with E-state index in [9.17, 15) is 0 Å². The van der Waals surface area contributed by atoms with Crippen LogP contribution >= 0.6 is 9.12 Å². The Kier molecular flexibility index (Phi) is 83.9. The molecule has 0 amide bonds. The zero-order chi connectivity index (χ0) is 2.00. The summed E-state index contributed by atoms with van der Waals surface area (Å²) in [6, 6.07) is 0. The van der Waals surface area contributed by atoms with Gasteiger partial charge in [0.2, 0.25) is 0 Å². The van der Waals surface area contributed by atoms with Crippen molar-refractivity contribution in [2.24, 2.45) is 0 Å². The molecule has 16 valence electrons. The van der Waals surface area contributed by atoms with E-state index in [1.807, 2.05) is 0 Å². The second-order valence-electron chi connectivity index (χ2n) is 0. The van der Waals surface area contributed by atoms with Crippen LogP contribution in [0.3, 0.4) is 0 Å². The topological polar surface area (TPSA) is 17.1 Å². The molecule has 1 nitrogen and oxygen atoms in total. The van der Waals surface area contributed by atoms with Crippen molar-refractivity contribution in [2.45, 2.75) is 0 Å². The van der Waals surface area contributed by atoms with Gasteiger partial charge >= 0.3 is 0 Å². The molecule has 0 unspecified atom stereocenters. The van der Waals surface area contributed by atoms with Crippen LogP contribution in [0.1, 0.15) is 0 Å². The summed E-state index contributed by atoms with van der Waals surface area (Å²) in [5, 5.41) is 0. The minimum Gasteiger partial charge on any atom is -0.279 e. The molecule has 0 aromatic carbocycles. The molecule has 0 aromatic heterocycles. The van der Waals surface area contributed by atoms with Crippen LogP contribution in [-0.2, 0) is 24.0 Å². The molecule has 0 N–H and O–H groups in total. The summed E-state index contributed by atoms with van der Waals surface area (Å²) in [6.07, 6.45) is 0. The van der Waals surface area contributed by atoms with Gasteiger partial charge in [-0.15, -0.1) is 0 Å². The van der Waals surface area contributed by atoms with E-state index in [1.54, 1.807) is 9.12 Å². The summed E-state index contributed by atoms with van der Waals surface area (Å²) in [6.45, 7) is 0. The molecule has 0 aliphatic heterocycles. The molecule has 0 heterocycles. The second kappa shape index (κ2) is 20.1. The summed E-state index contributed by atoms with van der Waals surface area (Å²) < 4.78 is 8.06. The summed E-state index contributed by atoms with van der Waals surface area (Å²) in [7, 11) is 1.72. The molecule has 0 aliphatic carbocycles. The first-order valence-electron chi connectivity index (χ1n) is 0.204. The predicted molar refractivity (Wildman–Crippen MR) is 14.8 cm³/mol. The van der Waals surface area contributed by atoms with E-state index >= 15 is 0 Å². The van der Waals surface area contributed by atoms with Gasteiger partial charge in [-0.2, -0.15) is 0 Å². The van der Waals surface area contributed by atoms with Gasteiger partial charge in [0.05, 0.1) is 0 Å². The first-order valence-corrected chi connectivity index (χ1v) is 0.612. The average Bonchev–Trinajstić information content (AvgIpc) is 1.00. The first-order chi connectivity index (χ1) is 1.00. The maximum Gasteiger partial charge on any atom is 0.138 e. The fourth-order valence-electron chi connectivity index (χ4n) is 0. The molecule has 4 heteroatoms. The third-order valence-electron chi connectivity index (χ3n) is 0. The van der Waals surface area contributed by atoms with Gasteiger partial charge in [-0.1, -0.05) is 0 Å². The molecule has 0 saturated heterocycles. The van der Waals surface area contributed by atoms with Crippen molar-refractivity contribution in [1.82, 2.24) is 0 Å². The minimum atomic E-state index is 0. The van der Waals surface area contributed by atoms with Crippen LogP contribution in [0, 0.1) is 0 Å². The SMILES string of the molecule is O=P.[Ca].[Zn]. The van der Waals surface area contributed by atoms with Crippen molar-refractivity contribution in [3.8, 4) is 0 Å². The molecule has 0 bridgehead atoms. The smallest absolute Gasteiger partial charge is 0.138 e. The molecular weight excluding hydrogens is 152 g/mol. The molecule has 0 aliphatic rings. The van der Waals surface area contributed by atoms with Gasteiger partial charge in [0, 0.05) is 57.2 Å². The third-order valence-corrected chi connectivity index (χ3v) is 0. The average molecular weight is 153 g/mol. The van der Waals surface area contributed by atoms with Crippen LogP contribution < -0.4 is 0 Å². The second-order valence-corrected chi connectivity index (χ2v) is 0. The van der Waals surface area contributed by atoms with E-state index in [0.29, 0.717) is 0 Å². The summed E-state index contributed by atoms with van der Waals surface area (Å²) in [4.78, 5) is 0. The summed E-state index contributed by atoms with van der Waals surface area (Å²) in [5.41, 5.74) is 0. The number of rotatable bonds is 0. The zero-order valence-electron chi connectivity index (χ0n) is 2.32.